The zero-order valence-electron chi connectivity index (χ0n) is 11.7. The number of aliphatic hydroxyl groups excluding tert-OH is 1. The average Bonchev–Trinajstić information content (AvgIpc) is 2.76. The van der Waals surface area contributed by atoms with E-state index in [2.05, 4.69) is 25.8 Å². The van der Waals surface area contributed by atoms with Gasteiger partial charge in [0.2, 0.25) is 0 Å². The summed E-state index contributed by atoms with van der Waals surface area (Å²) in [5, 5.41) is 10.3. The summed E-state index contributed by atoms with van der Waals surface area (Å²) in [5.41, 5.74) is 0. The van der Waals surface area contributed by atoms with Crippen LogP contribution in [0.4, 0.5) is 0 Å². The summed E-state index contributed by atoms with van der Waals surface area (Å²) < 4.78 is 0. The molecular weight excluding hydrogens is 210 g/mol. The SMILES string of the molecule is CC1CC(C)C(CN(C)C2CCCC2)C(O)C1. The third kappa shape index (κ3) is 3.23. The molecule has 0 heterocycles. The summed E-state index contributed by atoms with van der Waals surface area (Å²) in [6.07, 6.45) is 7.75. The van der Waals surface area contributed by atoms with Crippen LogP contribution in [0.1, 0.15) is 52.4 Å². The first-order chi connectivity index (χ1) is 8.08. The Morgan fingerprint density at radius 2 is 1.76 bits per heavy atom. The molecule has 0 aromatic heterocycles. The van der Waals surface area contributed by atoms with Crippen molar-refractivity contribution < 1.29 is 5.11 Å². The van der Waals surface area contributed by atoms with Crippen LogP contribution in [0.3, 0.4) is 0 Å². The summed E-state index contributed by atoms with van der Waals surface area (Å²) in [4.78, 5) is 2.52. The van der Waals surface area contributed by atoms with E-state index in [1.807, 2.05) is 0 Å². The van der Waals surface area contributed by atoms with Crippen molar-refractivity contribution in [2.24, 2.45) is 17.8 Å². The highest BCUT2D eigenvalue weighted by molar-refractivity contribution is 4.86. The summed E-state index contributed by atoms with van der Waals surface area (Å²) in [5.74, 6) is 1.88. The van der Waals surface area contributed by atoms with Gasteiger partial charge in [0.1, 0.15) is 0 Å². The lowest BCUT2D eigenvalue weighted by atomic mass is 9.73. The molecule has 0 aromatic rings. The van der Waals surface area contributed by atoms with E-state index in [-0.39, 0.29) is 6.10 Å². The van der Waals surface area contributed by atoms with E-state index in [9.17, 15) is 5.11 Å². The highest BCUT2D eigenvalue weighted by Gasteiger charge is 2.34. The Labute approximate surface area is 106 Å². The van der Waals surface area contributed by atoms with Crippen molar-refractivity contribution >= 4 is 0 Å². The molecule has 2 aliphatic carbocycles. The smallest absolute Gasteiger partial charge is 0.0585 e. The zero-order valence-corrected chi connectivity index (χ0v) is 11.7. The predicted octanol–water partition coefficient (Wildman–Crippen LogP) is 2.90. The lowest BCUT2D eigenvalue weighted by molar-refractivity contribution is -0.00378. The van der Waals surface area contributed by atoms with Crippen molar-refractivity contribution in [1.82, 2.24) is 4.90 Å². The molecule has 2 heteroatoms. The third-order valence-corrected chi connectivity index (χ3v) is 5.09. The molecule has 2 nitrogen and oxygen atoms in total. The maximum absolute atomic E-state index is 10.3. The van der Waals surface area contributed by atoms with Crippen molar-refractivity contribution in [2.45, 2.75) is 64.5 Å². The minimum Gasteiger partial charge on any atom is -0.393 e. The van der Waals surface area contributed by atoms with Crippen molar-refractivity contribution in [2.75, 3.05) is 13.6 Å². The van der Waals surface area contributed by atoms with Gasteiger partial charge in [-0.2, -0.15) is 0 Å². The summed E-state index contributed by atoms with van der Waals surface area (Å²) in [6, 6.07) is 0.786. The molecule has 0 bridgehead atoms. The van der Waals surface area contributed by atoms with E-state index in [0.29, 0.717) is 17.8 Å². The third-order valence-electron chi connectivity index (χ3n) is 5.09. The molecule has 2 aliphatic rings. The Balaban J connectivity index is 1.88. The van der Waals surface area contributed by atoms with Gasteiger partial charge in [-0.15, -0.1) is 0 Å². The first-order valence-corrected chi connectivity index (χ1v) is 7.46. The second-order valence-corrected chi connectivity index (χ2v) is 6.66. The molecule has 100 valence electrons. The fourth-order valence-corrected chi connectivity index (χ4v) is 4.00. The minimum absolute atomic E-state index is 0.0717. The van der Waals surface area contributed by atoms with Gasteiger partial charge in [0.15, 0.2) is 0 Å². The normalized spacial score (nSPS) is 40.1. The van der Waals surface area contributed by atoms with Gasteiger partial charge in [0.05, 0.1) is 6.10 Å². The summed E-state index contributed by atoms with van der Waals surface area (Å²) in [7, 11) is 2.26. The van der Waals surface area contributed by atoms with Gasteiger partial charge in [-0.05, 0) is 44.6 Å². The second kappa shape index (κ2) is 5.71. The molecule has 2 fully saturated rings. The molecule has 0 aromatic carbocycles. The first-order valence-electron chi connectivity index (χ1n) is 7.46. The Kier molecular flexibility index (Phi) is 4.48. The molecule has 0 spiro atoms. The number of hydrogen-bond acceptors (Lipinski definition) is 2. The predicted molar refractivity (Wildman–Crippen MR) is 71.9 cm³/mol. The Hall–Kier alpha value is -0.0800. The maximum Gasteiger partial charge on any atom is 0.0585 e. The van der Waals surface area contributed by atoms with Gasteiger partial charge in [0, 0.05) is 18.5 Å². The molecule has 0 radical (unpaired) electrons. The molecule has 1 N–H and O–H groups in total. The number of nitrogens with zero attached hydrogens (tertiary/aromatic N) is 1. The van der Waals surface area contributed by atoms with Crippen molar-refractivity contribution in [3.05, 3.63) is 0 Å². The van der Waals surface area contributed by atoms with Gasteiger partial charge >= 0.3 is 0 Å². The molecule has 2 saturated carbocycles. The second-order valence-electron chi connectivity index (χ2n) is 6.66. The highest BCUT2D eigenvalue weighted by Crippen LogP contribution is 2.35. The van der Waals surface area contributed by atoms with Gasteiger partial charge < -0.3 is 10.0 Å². The Morgan fingerprint density at radius 1 is 1.12 bits per heavy atom. The van der Waals surface area contributed by atoms with Gasteiger partial charge in [-0.25, -0.2) is 0 Å². The number of aliphatic hydroxyl groups is 1. The van der Waals surface area contributed by atoms with E-state index in [4.69, 9.17) is 0 Å². The van der Waals surface area contributed by atoms with Crippen LogP contribution in [0.15, 0.2) is 0 Å². The van der Waals surface area contributed by atoms with Gasteiger partial charge in [-0.1, -0.05) is 26.7 Å². The highest BCUT2D eigenvalue weighted by atomic mass is 16.3. The largest absolute Gasteiger partial charge is 0.393 e. The summed E-state index contributed by atoms with van der Waals surface area (Å²) in [6.45, 7) is 5.70. The average molecular weight is 239 g/mol. The Bertz CT molecular complexity index is 225. The maximum atomic E-state index is 10.3. The van der Waals surface area contributed by atoms with E-state index in [0.717, 1.165) is 19.0 Å². The topological polar surface area (TPSA) is 23.5 Å². The molecule has 4 unspecified atom stereocenters. The van der Waals surface area contributed by atoms with Crippen LogP contribution in [0.2, 0.25) is 0 Å². The molecule has 0 saturated heterocycles. The number of rotatable bonds is 3. The van der Waals surface area contributed by atoms with Crippen LogP contribution < -0.4 is 0 Å². The van der Waals surface area contributed by atoms with Crippen molar-refractivity contribution in [3.8, 4) is 0 Å². The monoisotopic (exact) mass is 239 g/mol. The van der Waals surface area contributed by atoms with Crippen LogP contribution in [0.25, 0.3) is 0 Å². The van der Waals surface area contributed by atoms with Crippen LogP contribution in [0, 0.1) is 17.8 Å². The number of hydrogen-bond donors (Lipinski definition) is 1. The Morgan fingerprint density at radius 3 is 2.35 bits per heavy atom. The molecule has 0 aliphatic heterocycles. The fourth-order valence-electron chi connectivity index (χ4n) is 4.00. The first kappa shape index (κ1) is 13.4. The van der Waals surface area contributed by atoms with Crippen LogP contribution in [-0.2, 0) is 0 Å². The lowest BCUT2D eigenvalue weighted by Gasteiger charge is -2.40. The van der Waals surface area contributed by atoms with Crippen LogP contribution in [0.5, 0.6) is 0 Å². The van der Waals surface area contributed by atoms with Gasteiger partial charge in [0.25, 0.3) is 0 Å². The van der Waals surface area contributed by atoms with E-state index in [1.165, 1.54) is 32.1 Å². The van der Waals surface area contributed by atoms with E-state index < -0.39 is 0 Å². The summed E-state index contributed by atoms with van der Waals surface area (Å²) >= 11 is 0. The molecule has 0 amide bonds. The molecule has 4 atom stereocenters. The molecule has 17 heavy (non-hydrogen) atoms. The molecular formula is C15H29NO. The van der Waals surface area contributed by atoms with Crippen LogP contribution >= 0.6 is 0 Å². The van der Waals surface area contributed by atoms with Crippen molar-refractivity contribution in [1.29, 1.82) is 0 Å². The lowest BCUT2D eigenvalue weighted by Crippen LogP contribution is -2.43. The minimum atomic E-state index is -0.0717. The standard InChI is InChI=1S/C15H29NO/c1-11-8-12(2)14(15(17)9-11)10-16(3)13-6-4-5-7-13/h11-15,17H,4-10H2,1-3H3. The molecule has 2 rings (SSSR count). The van der Waals surface area contributed by atoms with Gasteiger partial charge in [-0.3, -0.25) is 0 Å². The quantitative estimate of drug-likeness (QED) is 0.818. The van der Waals surface area contributed by atoms with E-state index in [1.54, 1.807) is 0 Å². The zero-order chi connectivity index (χ0) is 12.4. The van der Waals surface area contributed by atoms with E-state index >= 15 is 0 Å². The fraction of sp³-hybridized carbons (Fsp3) is 1.00. The van der Waals surface area contributed by atoms with Crippen LogP contribution in [-0.4, -0.2) is 35.7 Å². The van der Waals surface area contributed by atoms with Crippen molar-refractivity contribution in [3.63, 3.8) is 0 Å².